The van der Waals surface area contributed by atoms with Gasteiger partial charge in [0.25, 0.3) is 0 Å². The lowest BCUT2D eigenvalue weighted by molar-refractivity contribution is -0.125. The molecule has 0 aromatic heterocycles. The van der Waals surface area contributed by atoms with Gasteiger partial charge in [0.2, 0.25) is 5.91 Å². The Morgan fingerprint density at radius 2 is 2.05 bits per heavy atom. The minimum Gasteiger partial charge on any atom is -0.394 e. The van der Waals surface area contributed by atoms with Crippen LogP contribution in [0.5, 0.6) is 0 Å². The first-order valence-electron chi connectivity index (χ1n) is 7.20. The minimum atomic E-state index is -1.19. The molecule has 0 unspecified atom stereocenters. The summed E-state index contributed by atoms with van der Waals surface area (Å²) in [7, 11) is 0. The van der Waals surface area contributed by atoms with Crippen molar-refractivity contribution in [3.8, 4) is 0 Å². The third-order valence-corrected chi connectivity index (χ3v) is 3.97. The molecule has 8 heteroatoms. The van der Waals surface area contributed by atoms with Crippen molar-refractivity contribution < 1.29 is 20.1 Å². The first-order valence-corrected chi connectivity index (χ1v) is 7.61. The highest BCUT2D eigenvalue weighted by molar-refractivity contribution is 7.80. The van der Waals surface area contributed by atoms with Gasteiger partial charge in [-0.1, -0.05) is 13.3 Å². The molecule has 0 radical (unpaired) electrons. The molecule has 0 aromatic rings. The predicted octanol–water partition coefficient (Wildman–Crippen LogP) is -1.44. The Balaban J connectivity index is 2.77. The Bertz CT molecular complexity index is 369. The highest BCUT2D eigenvalue weighted by atomic mass is 32.1. The van der Waals surface area contributed by atoms with E-state index in [0.29, 0.717) is 11.7 Å². The van der Waals surface area contributed by atoms with Gasteiger partial charge in [-0.3, -0.25) is 4.79 Å². The fourth-order valence-corrected chi connectivity index (χ4v) is 2.72. The monoisotopic (exact) mass is 319 g/mol. The number of aliphatic hydroxyl groups excluding tert-OH is 3. The lowest BCUT2D eigenvalue weighted by atomic mass is 9.92. The summed E-state index contributed by atoms with van der Waals surface area (Å²) in [6.07, 6.45) is -0.347. The summed E-state index contributed by atoms with van der Waals surface area (Å²) < 4.78 is 0. The molecule has 7 nitrogen and oxygen atoms in total. The van der Waals surface area contributed by atoms with E-state index >= 15 is 0 Å². The molecule has 1 aliphatic heterocycles. The zero-order valence-corrected chi connectivity index (χ0v) is 13.3. The maximum Gasteiger partial charge on any atom is 0.217 e. The second kappa shape index (κ2) is 8.47. The molecule has 0 spiro atoms. The first-order chi connectivity index (χ1) is 9.92. The van der Waals surface area contributed by atoms with Crippen LogP contribution in [0.3, 0.4) is 0 Å². The number of nitrogens with zero attached hydrogens (tertiary/aromatic N) is 1. The van der Waals surface area contributed by atoms with E-state index in [1.165, 1.54) is 6.92 Å². The lowest BCUT2D eigenvalue weighted by Crippen LogP contribution is -2.68. The van der Waals surface area contributed by atoms with Crippen molar-refractivity contribution >= 4 is 23.2 Å². The fourth-order valence-electron chi connectivity index (χ4n) is 2.41. The molecular formula is C13H25N3O4S. The molecule has 1 heterocycles. The molecule has 122 valence electrons. The van der Waals surface area contributed by atoms with Crippen molar-refractivity contribution in [3.63, 3.8) is 0 Å². The van der Waals surface area contributed by atoms with Crippen LogP contribution in [0.1, 0.15) is 26.7 Å². The van der Waals surface area contributed by atoms with Crippen molar-refractivity contribution in [2.24, 2.45) is 0 Å². The topological polar surface area (TPSA) is 105 Å². The summed E-state index contributed by atoms with van der Waals surface area (Å²) in [6, 6.07) is -1.32. The van der Waals surface area contributed by atoms with E-state index < -0.39 is 24.3 Å². The Labute approximate surface area is 130 Å². The van der Waals surface area contributed by atoms with Gasteiger partial charge in [-0.05, 0) is 18.6 Å². The molecule has 1 rings (SSSR count). The average molecular weight is 319 g/mol. The number of carbonyl (C=O) groups excluding carboxylic acids is 1. The van der Waals surface area contributed by atoms with Gasteiger partial charge < -0.3 is 30.9 Å². The molecule has 0 bridgehead atoms. The highest BCUT2D eigenvalue weighted by Gasteiger charge is 2.42. The minimum absolute atomic E-state index is 0.237. The van der Waals surface area contributed by atoms with E-state index in [-0.39, 0.29) is 19.1 Å². The molecule has 1 amide bonds. The Morgan fingerprint density at radius 3 is 2.57 bits per heavy atom. The first kappa shape index (κ1) is 18.1. The van der Waals surface area contributed by atoms with Gasteiger partial charge in [0.15, 0.2) is 5.11 Å². The number of likely N-dealkylation sites (tertiary alicyclic amines) is 1. The van der Waals surface area contributed by atoms with Crippen LogP contribution < -0.4 is 10.6 Å². The number of rotatable bonds is 5. The fraction of sp³-hybridized carbons (Fsp3) is 0.846. The molecule has 1 aliphatic rings. The van der Waals surface area contributed by atoms with Crippen molar-refractivity contribution in [1.29, 1.82) is 0 Å². The third-order valence-electron chi connectivity index (χ3n) is 3.59. The molecule has 1 fully saturated rings. The van der Waals surface area contributed by atoms with E-state index in [4.69, 9.17) is 12.2 Å². The standard InChI is InChI=1S/C13H25N3O4S/c1-3-4-5-14-13(21)16-6-9(15-8(2)18)11(19)12(20)10(16)7-17/h9-12,17,19-20H,3-7H2,1-2H3,(H,14,21)(H,15,18)/t9-,10+,11-,12+/m0/s1. The predicted molar refractivity (Wildman–Crippen MR) is 82.7 cm³/mol. The Hall–Kier alpha value is -0.960. The largest absolute Gasteiger partial charge is 0.394 e. The van der Waals surface area contributed by atoms with Crippen LogP contribution in [0.25, 0.3) is 0 Å². The smallest absolute Gasteiger partial charge is 0.217 e. The van der Waals surface area contributed by atoms with Gasteiger partial charge in [0, 0.05) is 20.0 Å². The van der Waals surface area contributed by atoms with Crippen LogP contribution in [0.2, 0.25) is 0 Å². The quantitative estimate of drug-likeness (QED) is 0.312. The van der Waals surface area contributed by atoms with Crippen LogP contribution in [0.4, 0.5) is 0 Å². The Kier molecular flexibility index (Phi) is 7.30. The van der Waals surface area contributed by atoms with Gasteiger partial charge in [-0.25, -0.2) is 0 Å². The van der Waals surface area contributed by atoms with Crippen molar-refractivity contribution in [3.05, 3.63) is 0 Å². The summed E-state index contributed by atoms with van der Waals surface area (Å²) in [5, 5.41) is 35.7. The van der Waals surface area contributed by atoms with Gasteiger partial charge in [0.1, 0.15) is 12.2 Å². The van der Waals surface area contributed by atoms with Gasteiger partial charge in [-0.2, -0.15) is 0 Å². The summed E-state index contributed by atoms with van der Waals surface area (Å²) >= 11 is 5.29. The molecule has 0 saturated carbocycles. The van der Waals surface area contributed by atoms with E-state index in [0.717, 1.165) is 12.8 Å². The van der Waals surface area contributed by atoms with Crippen LogP contribution in [0, 0.1) is 0 Å². The molecular weight excluding hydrogens is 294 g/mol. The summed E-state index contributed by atoms with van der Waals surface area (Å²) in [6.45, 7) is 4.02. The van der Waals surface area contributed by atoms with Crippen LogP contribution in [0.15, 0.2) is 0 Å². The molecule has 5 N–H and O–H groups in total. The number of hydrogen-bond acceptors (Lipinski definition) is 5. The van der Waals surface area contributed by atoms with Gasteiger partial charge in [-0.15, -0.1) is 0 Å². The van der Waals surface area contributed by atoms with Crippen LogP contribution >= 0.6 is 12.2 Å². The Morgan fingerprint density at radius 1 is 1.38 bits per heavy atom. The number of piperidine rings is 1. The van der Waals surface area contributed by atoms with E-state index in [9.17, 15) is 20.1 Å². The van der Waals surface area contributed by atoms with Crippen LogP contribution in [-0.2, 0) is 4.79 Å². The van der Waals surface area contributed by atoms with Gasteiger partial charge >= 0.3 is 0 Å². The number of carbonyl (C=O) groups is 1. The zero-order chi connectivity index (χ0) is 16.0. The highest BCUT2D eigenvalue weighted by Crippen LogP contribution is 2.19. The number of thiocarbonyl (C=S) groups is 1. The number of hydrogen-bond donors (Lipinski definition) is 5. The second-order valence-electron chi connectivity index (χ2n) is 5.28. The molecule has 0 aromatic carbocycles. The molecule has 1 saturated heterocycles. The van der Waals surface area contributed by atoms with E-state index in [1.807, 2.05) is 0 Å². The van der Waals surface area contributed by atoms with Crippen molar-refractivity contribution in [1.82, 2.24) is 15.5 Å². The van der Waals surface area contributed by atoms with Gasteiger partial charge in [0.05, 0.1) is 18.7 Å². The summed E-state index contributed by atoms with van der Waals surface area (Å²) in [5.74, 6) is -0.293. The number of unbranched alkanes of at least 4 members (excludes halogenated alkanes) is 1. The normalized spacial score (nSPS) is 29.1. The van der Waals surface area contributed by atoms with E-state index in [1.54, 1.807) is 4.90 Å². The maximum atomic E-state index is 11.2. The molecule has 21 heavy (non-hydrogen) atoms. The molecule has 0 aliphatic carbocycles. The maximum absolute atomic E-state index is 11.2. The second-order valence-corrected chi connectivity index (χ2v) is 5.66. The molecule has 4 atom stereocenters. The SMILES string of the molecule is CCCCNC(=S)N1C[C@H](NC(C)=O)[C@H](O)[C@H](O)[C@H]1CO. The summed E-state index contributed by atoms with van der Waals surface area (Å²) in [5.41, 5.74) is 0. The van der Waals surface area contributed by atoms with Crippen LogP contribution in [-0.4, -0.2) is 75.2 Å². The third kappa shape index (κ3) is 4.77. The van der Waals surface area contributed by atoms with Crippen molar-refractivity contribution in [2.45, 2.75) is 51.0 Å². The van der Waals surface area contributed by atoms with Crippen molar-refractivity contribution in [2.75, 3.05) is 19.7 Å². The average Bonchev–Trinajstić information content (AvgIpc) is 2.43. The number of nitrogens with one attached hydrogen (secondary N) is 2. The lowest BCUT2D eigenvalue weighted by Gasteiger charge is -2.46. The number of aliphatic hydroxyl groups is 3. The number of amides is 1. The van der Waals surface area contributed by atoms with E-state index in [2.05, 4.69) is 17.6 Å². The zero-order valence-electron chi connectivity index (χ0n) is 12.5. The summed E-state index contributed by atoms with van der Waals surface area (Å²) in [4.78, 5) is 12.8.